The van der Waals surface area contributed by atoms with E-state index in [4.69, 9.17) is 0 Å². The highest BCUT2D eigenvalue weighted by Gasteiger charge is 2.52. The molecule has 0 atom stereocenters. The molecule has 0 saturated heterocycles. The number of para-hydroxylation sites is 1. The maximum atomic E-state index is 2.55. The average Bonchev–Trinajstić information content (AvgIpc) is 3.81. The summed E-state index contributed by atoms with van der Waals surface area (Å²) in [5.74, 6) is 0. The third-order valence-electron chi connectivity index (χ3n) is 14.5. The number of fused-ring (bicyclic) bond motifs is 13. The predicted octanol–water partition coefficient (Wildman–Crippen LogP) is 16.4. The van der Waals surface area contributed by atoms with Crippen LogP contribution in [0.15, 0.2) is 170 Å². The monoisotopic (exact) mass is 801 g/mol. The molecule has 8 aromatic carbocycles. The summed E-state index contributed by atoms with van der Waals surface area (Å²) < 4.78 is 0. The van der Waals surface area contributed by atoms with Gasteiger partial charge in [-0.1, -0.05) is 200 Å². The van der Waals surface area contributed by atoms with Gasteiger partial charge in [0.1, 0.15) is 0 Å². The fourth-order valence-corrected chi connectivity index (χ4v) is 11.2. The highest BCUT2D eigenvalue weighted by atomic mass is 15.1. The lowest BCUT2D eigenvalue weighted by Gasteiger charge is -2.34. The summed E-state index contributed by atoms with van der Waals surface area (Å²) in [6.07, 6.45) is 0. The highest BCUT2D eigenvalue weighted by Crippen LogP contribution is 2.64. The van der Waals surface area contributed by atoms with Crippen molar-refractivity contribution in [2.24, 2.45) is 0 Å². The Kier molecular flexibility index (Phi) is 8.24. The summed E-state index contributed by atoms with van der Waals surface area (Å²) in [6.45, 7) is 21.0. The van der Waals surface area contributed by atoms with Gasteiger partial charge < -0.3 is 4.90 Å². The van der Waals surface area contributed by atoms with E-state index in [1.165, 1.54) is 94.6 Å². The zero-order valence-corrected chi connectivity index (χ0v) is 37.6. The van der Waals surface area contributed by atoms with Crippen LogP contribution >= 0.6 is 0 Å². The molecule has 62 heavy (non-hydrogen) atoms. The molecule has 304 valence electrons. The maximum absolute atomic E-state index is 2.55. The molecule has 0 aromatic heterocycles. The number of aryl methyl sites for hydroxylation is 1. The van der Waals surface area contributed by atoms with Crippen LogP contribution in [0.5, 0.6) is 0 Å². The summed E-state index contributed by atoms with van der Waals surface area (Å²) in [5, 5.41) is 0. The lowest BCUT2D eigenvalue weighted by Crippen LogP contribution is -2.27. The van der Waals surface area contributed by atoms with Gasteiger partial charge in [0.15, 0.2) is 0 Å². The molecule has 0 unspecified atom stereocenters. The first kappa shape index (κ1) is 38.5. The molecule has 0 N–H and O–H groups in total. The quantitative estimate of drug-likeness (QED) is 0.171. The number of hydrogen-bond donors (Lipinski definition) is 0. The van der Waals surface area contributed by atoms with E-state index in [9.17, 15) is 0 Å². The fraction of sp³-hybridized carbons (Fsp3) is 0.213. The molecular formula is C61H55N. The number of rotatable bonds is 4. The van der Waals surface area contributed by atoms with Crippen LogP contribution in [-0.4, -0.2) is 0 Å². The van der Waals surface area contributed by atoms with Crippen molar-refractivity contribution in [3.63, 3.8) is 0 Å². The minimum absolute atomic E-state index is 0.0123. The Morgan fingerprint density at radius 2 is 0.823 bits per heavy atom. The van der Waals surface area contributed by atoms with Gasteiger partial charge in [-0.15, -0.1) is 0 Å². The summed E-state index contributed by atoms with van der Waals surface area (Å²) in [4.78, 5) is 2.54. The molecule has 0 saturated carbocycles. The van der Waals surface area contributed by atoms with Crippen LogP contribution in [0.2, 0.25) is 0 Å². The molecule has 0 aliphatic heterocycles. The normalized spacial score (nSPS) is 14.8. The maximum Gasteiger partial charge on any atom is 0.0726 e. The number of hydrogen-bond acceptors (Lipinski definition) is 1. The van der Waals surface area contributed by atoms with Gasteiger partial charge in [-0.05, 0) is 132 Å². The lowest BCUT2D eigenvalue weighted by molar-refractivity contribution is 0.586. The lowest BCUT2D eigenvalue weighted by atomic mass is 9.68. The van der Waals surface area contributed by atoms with Crippen molar-refractivity contribution in [2.45, 2.75) is 84.0 Å². The Balaban J connectivity index is 1.22. The van der Waals surface area contributed by atoms with Crippen LogP contribution in [-0.2, 0) is 21.7 Å². The second kappa shape index (κ2) is 13.3. The van der Waals surface area contributed by atoms with E-state index in [0.29, 0.717) is 0 Å². The van der Waals surface area contributed by atoms with Crippen LogP contribution in [0.4, 0.5) is 17.1 Å². The largest absolute Gasteiger partial charge is 0.310 e. The molecule has 0 amide bonds. The van der Waals surface area contributed by atoms with Gasteiger partial charge >= 0.3 is 0 Å². The van der Waals surface area contributed by atoms with Crippen molar-refractivity contribution in [3.05, 3.63) is 220 Å². The molecule has 3 aliphatic carbocycles. The molecule has 0 radical (unpaired) electrons. The molecule has 3 aliphatic rings. The summed E-state index contributed by atoms with van der Waals surface area (Å²) in [7, 11) is 0. The zero-order valence-electron chi connectivity index (χ0n) is 37.6. The van der Waals surface area contributed by atoms with E-state index in [0.717, 1.165) is 17.1 Å². The molecule has 1 heteroatoms. The van der Waals surface area contributed by atoms with E-state index >= 15 is 0 Å². The molecule has 0 heterocycles. The Morgan fingerprint density at radius 1 is 0.371 bits per heavy atom. The first-order valence-corrected chi connectivity index (χ1v) is 22.4. The van der Waals surface area contributed by atoms with Gasteiger partial charge in [-0.2, -0.15) is 0 Å². The van der Waals surface area contributed by atoms with Gasteiger partial charge in [0.2, 0.25) is 0 Å². The third-order valence-corrected chi connectivity index (χ3v) is 14.5. The number of anilines is 3. The van der Waals surface area contributed by atoms with Gasteiger partial charge in [-0.3, -0.25) is 0 Å². The molecular weight excluding hydrogens is 747 g/mol. The van der Waals surface area contributed by atoms with Crippen molar-refractivity contribution in [1.82, 2.24) is 0 Å². The van der Waals surface area contributed by atoms with E-state index < -0.39 is 5.41 Å². The van der Waals surface area contributed by atoms with Crippen LogP contribution in [0.1, 0.15) is 105 Å². The number of benzene rings is 8. The molecule has 0 fully saturated rings. The first-order chi connectivity index (χ1) is 29.7. The first-order valence-electron chi connectivity index (χ1n) is 22.4. The summed E-state index contributed by atoms with van der Waals surface area (Å²) in [6, 6.07) is 65.4. The highest BCUT2D eigenvalue weighted by molar-refractivity contribution is 5.98. The second-order valence-electron chi connectivity index (χ2n) is 20.7. The van der Waals surface area contributed by atoms with Crippen LogP contribution < -0.4 is 4.90 Å². The van der Waals surface area contributed by atoms with Crippen LogP contribution in [0, 0.1) is 6.92 Å². The van der Waals surface area contributed by atoms with E-state index in [1.807, 2.05) is 0 Å². The van der Waals surface area contributed by atoms with Crippen LogP contribution in [0.3, 0.4) is 0 Å². The minimum atomic E-state index is -0.502. The topological polar surface area (TPSA) is 3.24 Å². The van der Waals surface area contributed by atoms with E-state index in [1.54, 1.807) is 0 Å². The predicted molar refractivity (Wildman–Crippen MR) is 263 cm³/mol. The van der Waals surface area contributed by atoms with Gasteiger partial charge in [0.25, 0.3) is 0 Å². The standard InChI is InChI=1S/C61H55N/c1-38-22-24-39(25-23-38)44-16-12-15-21-57(44)62(42-29-33-52-50(36-42)46-18-10-13-19-51(46)60(52,8)9)43-28-32-49-45-17-11-14-20-53(45)61(56(49)37-43)54-34-40(58(2,3)4)26-30-47(54)48-31-27-41(35-55(48)61)59(5,6)7/h10-37H,1-9H3. The molecule has 11 rings (SSSR count). The van der Waals surface area contributed by atoms with Crippen LogP contribution in [0.25, 0.3) is 44.5 Å². The van der Waals surface area contributed by atoms with Gasteiger partial charge in [0, 0.05) is 22.4 Å². The average molecular weight is 802 g/mol. The minimum Gasteiger partial charge on any atom is -0.310 e. The Morgan fingerprint density at radius 3 is 1.44 bits per heavy atom. The van der Waals surface area contributed by atoms with Gasteiger partial charge in [-0.25, -0.2) is 0 Å². The number of nitrogens with zero attached hydrogens (tertiary/aromatic N) is 1. The summed E-state index contributed by atoms with van der Waals surface area (Å²) in [5.41, 5.74) is 25.4. The SMILES string of the molecule is Cc1ccc(-c2ccccc2N(c2ccc3c(c2)-c2ccccc2C3(C)C)c2ccc3c(c2)C2(c4ccccc4-3)c3cc(C(C)(C)C)ccc3-c3ccc(C(C)(C)C)cc32)cc1. The fourth-order valence-electron chi connectivity index (χ4n) is 11.2. The Hall–Kier alpha value is -6.44. The van der Waals surface area contributed by atoms with Crippen molar-refractivity contribution < 1.29 is 0 Å². The van der Waals surface area contributed by atoms with Crippen molar-refractivity contribution in [2.75, 3.05) is 4.90 Å². The Bertz CT molecular complexity index is 3060. The van der Waals surface area contributed by atoms with E-state index in [2.05, 4.69) is 237 Å². The molecule has 1 nitrogen and oxygen atoms in total. The van der Waals surface area contributed by atoms with Crippen molar-refractivity contribution >= 4 is 17.1 Å². The summed E-state index contributed by atoms with van der Waals surface area (Å²) >= 11 is 0. The van der Waals surface area contributed by atoms with E-state index in [-0.39, 0.29) is 16.2 Å². The Labute approximate surface area is 368 Å². The van der Waals surface area contributed by atoms with Crippen molar-refractivity contribution in [3.8, 4) is 44.5 Å². The molecule has 0 bridgehead atoms. The second-order valence-corrected chi connectivity index (χ2v) is 20.7. The molecule has 1 spiro atoms. The third kappa shape index (κ3) is 5.46. The zero-order chi connectivity index (χ0) is 42.9. The smallest absolute Gasteiger partial charge is 0.0726 e. The van der Waals surface area contributed by atoms with Crippen molar-refractivity contribution in [1.29, 1.82) is 0 Å². The van der Waals surface area contributed by atoms with Gasteiger partial charge in [0.05, 0.1) is 11.1 Å². The molecule has 8 aromatic rings.